The summed E-state index contributed by atoms with van der Waals surface area (Å²) in [5, 5.41) is 3.24. The quantitative estimate of drug-likeness (QED) is 0.268. The summed E-state index contributed by atoms with van der Waals surface area (Å²) in [6.07, 6.45) is 0.186. The highest BCUT2D eigenvalue weighted by Crippen LogP contribution is 2.24. The summed E-state index contributed by atoms with van der Waals surface area (Å²) in [7, 11) is 2.82. The molecule has 22 heavy (non-hydrogen) atoms. The summed E-state index contributed by atoms with van der Waals surface area (Å²) >= 11 is 0. The Hall–Kier alpha value is -0.103. The van der Waals surface area contributed by atoms with Gasteiger partial charge in [-0.15, -0.1) is 0 Å². The molecule has 134 valence electrons. The molecule has 0 aliphatic rings. The van der Waals surface area contributed by atoms with Crippen LogP contribution in [0.5, 0.6) is 0 Å². The smallest absolute Gasteiger partial charge is 0.377 e. The molecule has 0 amide bonds. The molecule has 0 bridgehead atoms. The summed E-state index contributed by atoms with van der Waals surface area (Å²) < 4.78 is 32.5. The average Bonchev–Trinajstić information content (AvgIpc) is 2.52. The number of nitrogens with one attached hydrogen (secondary N) is 1. The number of rotatable bonds is 14. The molecule has 2 unspecified atom stereocenters. The van der Waals surface area contributed by atoms with Gasteiger partial charge in [-0.05, 0) is 26.3 Å². The second kappa shape index (κ2) is 11.4. The van der Waals surface area contributed by atoms with Gasteiger partial charge in [0.05, 0.1) is 0 Å². The van der Waals surface area contributed by atoms with E-state index in [0.717, 1.165) is 25.9 Å². The highest BCUT2D eigenvalue weighted by atomic mass is 28.4. The molecule has 0 aromatic carbocycles. The van der Waals surface area contributed by atoms with Crippen LogP contribution in [0.3, 0.4) is 0 Å². The van der Waals surface area contributed by atoms with E-state index in [9.17, 15) is 0 Å². The van der Waals surface area contributed by atoms with E-state index < -0.39 is 15.0 Å². The Kier molecular flexibility index (Phi) is 11.4. The first kappa shape index (κ1) is 21.9. The molecule has 3 N–H and O–H groups in total. The minimum Gasteiger partial charge on any atom is -0.377 e. The van der Waals surface area contributed by atoms with Crippen molar-refractivity contribution in [1.29, 1.82) is 0 Å². The number of methoxy groups -OCH3 is 3. The molecular weight excluding hydrogens is 308 g/mol. The normalized spacial score (nSPS) is 16.5. The van der Waals surface area contributed by atoms with Crippen LogP contribution in [0.25, 0.3) is 0 Å². The van der Waals surface area contributed by atoms with Gasteiger partial charge in [0.15, 0.2) is 0 Å². The van der Waals surface area contributed by atoms with Crippen LogP contribution in [-0.4, -0.2) is 69.1 Å². The first-order valence-corrected chi connectivity index (χ1v) is 9.62. The van der Waals surface area contributed by atoms with Gasteiger partial charge in [0.2, 0.25) is 0 Å². The van der Waals surface area contributed by atoms with Crippen LogP contribution in [0.2, 0.25) is 6.55 Å². The lowest BCUT2D eigenvalue weighted by Gasteiger charge is -2.36. The third kappa shape index (κ3) is 7.95. The van der Waals surface area contributed by atoms with E-state index in [1.807, 2.05) is 6.92 Å². The van der Waals surface area contributed by atoms with E-state index in [4.69, 9.17) is 33.2 Å². The van der Waals surface area contributed by atoms with Gasteiger partial charge in [-0.25, -0.2) is 0 Å². The third-order valence-electron chi connectivity index (χ3n) is 3.13. The maximum atomic E-state index is 5.96. The fraction of sp³-hybridized carbons (Fsp3) is 1.00. The van der Waals surface area contributed by atoms with Crippen molar-refractivity contribution in [2.75, 3.05) is 48.1 Å². The Balaban J connectivity index is 4.41. The highest BCUT2D eigenvalue weighted by molar-refractivity contribution is 6.59. The first-order chi connectivity index (χ1) is 10.4. The molecule has 2 atom stereocenters. The summed E-state index contributed by atoms with van der Waals surface area (Å²) in [6.45, 7) is 6.10. The van der Waals surface area contributed by atoms with Crippen LogP contribution in [0.15, 0.2) is 0 Å². The van der Waals surface area contributed by atoms with Crippen LogP contribution in [0.1, 0.15) is 19.8 Å². The Morgan fingerprint density at radius 2 is 1.68 bits per heavy atom. The van der Waals surface area contributed by atoms with Crippen molar-refractivity contribution in [2.24, 2.45) is 5.73 Å². The van der Waals surface area contributed by atoms with Crippen LogP contribution >= 0.6 is 0 Å². The van der Waals surface area contributed by atoms with Crippen LogP contribution in [-0.2, 0) is 27.5 Å². The van der Waals surface area contributed by atoms with Crippen molar-refractivity contribution in [1.82, 2.24) is 5.32 Å². The minimum atomic E-state index is -2.98. The van der Waals surface area contributed by atoms with Gasteiger partial charge in [0.25, 0.3) is 0 Å². The van der Waals surface area contributed by atoms with Gasteiger partial charge in [-0.2, -0.15) is 0 Å². The highest BCUT2D eigenvalue weighted by Gasteiger charge is 2.47. The molecule has 0 spiro atoms. The van der Waals surface area contributed by atoms with Crippen molar-refractivity contribution in [2.45, 2.75) is 38.6 Å². The van der Waals surface area contributed by atoms with E-state index >= 15 is 0 Å². The predicted molar refractivity (Wildman–Crippen MR) is 85.2 cm³/mol. The molecule has 0 fully saturated rings. The molecule has 0 heterocycles. The number of hydrogen-bond acceptors (Lipinski definition) is 8. The van der Waals surface area contributed by atoms with Crippen molar-refractivity contribution in [3.05, 3.63) is 0 Å². The van der Waals surface area contributed by atoms with Gasteiger partial charge in [-0.1, -0.05) is 0 Å². The molecule has 0 saturated heterocycles. The summed E-state index contributed by atoms with van der Waals surface area (Å²) in [6, 6.07) is 0. The van der Waals surface area contributed by atoms with Crippen LogP contribution in [0, 0.1) is 0 Å². The van der Waals surface area contributed by atoms with E-state index in [0.29, 0.717) is 6.54 Å². The van der Waals surface area contributed by atoms with Crippen LogP contribution < -0.4 is 11.1 Å². The Labute approximate surface area is 134 Å². The van der Waals surface area contributed by atoms with Crippen LogP contribution in [0.4, 0.5) is 0 Å². The maximum Gasteiger partial charge on any atom is 0.503 e. The molecule has 0 aromatic heterocycles. The van der Waals surface area contributed by atoms with Crippen molar-refractivity contribution < 1.29 is 27.5 Å². The lowest BCUT2D eigenvalue weighted by Crippen LogP contribution is -2.54. The van der Waals surface area contributed by atoms with Gasteiger partial charge in [-0.3, -0.25) is 4.43 Å². The summed E-state index contributed by atoms with van der Waals surface area (Å²) in [5.74, 6) is 0. The Bertz CT molecular complexity index is 275. The van der Waals surface area contributed by atoms with Crippen molar-refractivity contribution in [3.63, 3.8) is 0 Å². The predicted octanol–water partition coefficient (Wildman–Crippen LogP) is 0.502. The van der Waals surface area contributed by atoms with Crippen molar-refractivity contribution >= 4 is 8.80 Å². The molecule has 0 aliphatic heterocycles. The lowest BCUT2D eigenvalue weighted by atomic mass is 10.2. The maximum absolute atomic E-state index is 5.96. The fourth-order valence-electron chi connectivity index (χ4n) is 1.88. The zero-order chi connectivity index (χ0) is 17.1. The summed E-state index contributed by atoms with van der Waals surface area (Å²) in [4.78, 5) is 0. The molecule has 0 aliphatic carbocycles. The molecular formula is C13H32N2O6Si. The topological polar surface area (TPSA) is 93.4 Å². The molecule has 9 heteroatoms. The first-order valence-electron chi connectivity index (χ1n) is 7.40. The van der Waals surface area contributed by atoms with Gasteiger partial charge in [0, 0.05) is 54.2 Å². The Morgan fingerprint density at radius 1 is 1.09 bits per heavy atom. The summed E-state index contributed by atoms with van der Waals surface area (Å²) in [5.41, 5.74) is 5.42. The molecule has 0 saturated carbocycles. The standard InChI is InChI=1S/C13H32N2O6Si/c1-12(8-7-10-15-11-9-14)20-22(6,19-5)21-13(16-2,17-3)18-4/h12,15H,7-11,14H2,1-6H3. The van der Waals surface area contributed by atoms with Crippen molar-refractivity contribution in [3.8, 4) is 0 Å². The second-order valence-electron chi connectivity index (χ2n) is 4.89. The average molecular weight is 340 g/mol. The second-order valence-corrected chi connectivity index (χ2v) is 7.46. The Morgan fingerprint density at radius 3 is 2.14 bits per heavy atom. The monoisotopic (exact) mass is 340 g/mol. The number of ether oxygens (including phenoxy) is 3. The van der Waals surface area contributed by atoms with Gasteiger partial charge < -0.3 is 34.1 Å². The molecule has 0 radical (unpaired) electrons. The minimum absolute atomic E-state index is 0.0282. The SMILES string of the molecule is COC(OC)(OC)O[Si](C)(OC)OC(C)CCCNCCN. The fourth-order valence-corrected chi connectivity index (χ4v) is 3.66. The number of nitrogens with two attached hydrogens (primary N) is 1. The molecule has 0 rings (SSSR count). The van der Waals surface area contributed by atoms with E-state index in [-0.39, 0.29) is 6.10 Å². The molecule has 8 nitrogen and oxygen atoms in total. The van der Waals surface area contributed by atoms with E-state index in [1.54, 1.807) is 6.55 Å². The zero-order valence-electron chi connectivity index (χ0n) is 14.6. The third-order valence-corrected chi connectivity index (χ3v) is 5.32. The molecule has 0 aromatic rings. The van der Waals surface area contributed by atoms with Gasteiger partial charge in [0.1, 0.15) is 0 Å². The van der Waals surface area contributed by atoms with E-state index in [2.05, 4.69) is 5.32 Å². The zero-order valence-corrected chi connectivity index (χ0v) is 15.6. The largest absolute Gasteiger partial charge is 0.503 e. The number of hydrogen-bond donors (Lipinski definition) is 2. The van der Waals surface area contributed by atoms with E-state index in [1.165, 1.54) is 28.4 Å². The lowest BCUT2D eigenvalue weighted by molar-refractivity contribution is -0.460. The van der Waals surface area contributed by atoms with Gasteiger partial charge >= 0.3 is 15.0 Å².